The fraction of sp³-hybridized carbons (Fsp3) is 0.417. The molecule has 0 radical (unpaired) electrons. The summed E-state index contributed by atoms with van der Waals surface area (Å²) in [6.45, 7) is 0. The molecule has 1 aliphatic carbocycles. The van der Waals surface area contributed by atoms with Gasteiger partial charge in [-0.3, -0.25) is 0 Å². The molecule has 0 saturated heterocycles. The van der Waals surface area contributed by atoms with Crippen LogP contribution in [0.5, 0.6) is 0 Å². The summed E-state index contributed by atoms with van der Waals surface area (Å²) >= 11 is 0. The van der Waals surface area contributed by atoms with Crippen LogP contribution in [0.3, 0.4) is 0 Å². The van der Waals surface area contributed by atoms with Crippen molar-refractivity contribution in [2.45, 2.75) is 31.6 Å². The van der Waals surface area contributed by atoms with Gasteiger partial charge in [-0.15, -0.1) is 0 Å². The van der Waals surface area contributed by atoms with Crippen molar-refractivity contribution in [3.8, 4) is 6.07 Å². The Morgan fingerprint density at radius 2 is 2.00 bits per heavy atom. The topological polar surface area (TPSA) is 23.8 Å². The van der Waals surface area contributed by atoms with Gasteiger partial charge in [0.1, 0.15) is 0 Å². The van der Waals surface area contributed by atoms with E-state index >= 15 is 0 Å². The third kappa shape index (κ3) is 1.72. The van der Waals surface area contributed by atoms with E-state index < -0.39 is 0 Å². The van der Waals surface area contributed by atoms with E-state index in [1.165, 1.54) is 31.2 Å². The van der Waals surface area contributed by atoms with Crippen molar-refractivity contribution in [2.24, 2.45) is 0 Å². The largest absolute Gasteiger partial charge is 0.192 e. The van der Waals surface area contributed by atoms with Gasteiger partial charge in [0.15, 0.2) is 0 Å². The van der Waals surface area contributed by atoms with E-state index in [2.05, 4.69) is 12.1 Å². The monoisotopic (exact) mass is 171 g/mol. The number of nitriles is 1. The van der Waals surface area contributed by atoms with Crippen molar-refractivity contribution in [3.63, 3.8) is 0 Å². The lowest BCUT2D eigenvalue weighted by Gasteiger charge is -2.08. The summed E-state index contributed by atoms with van der Waals surface area (Å²) in [5, 5.41) is 8.75. The van der Waals surface area contributed by atoms with E-state index in [1.54, 1.807) is 0 Å². The average molecular weight is 171 g/mol. The van der Waals surface area contributed by atoms with E-state index in [-0.39, 0.29) is 0 Å². The zero-order valence-corrected chi connectivity index (χ0v) is 7.66. The fourth-order valence-corrected chi connectivity index (χ4v) is 2.12. The molecule has 1 heteroatoms. The lowest BCUT2D eigenvalue weighted by atomic mass is 9.96. The number of nitrogens with zero attached hydrogens (tertiary/aromatic N) is 1. The van der Waals surface area contributed by atoms with Crippen LogP contribution in [0.4, 0.5) is 0 Å². The summed E-state index contributed by atoms with van der Waals surface area (Å²) in [6.07, 6.45) is 5.30. The first-order chi connectivity index (χ1) is 6.40. The lowest BCUT2D eigenvalue weighted by molar-refractivity contribution is 0.723. The van der Waals surface area contributed by atoms with Crippen molar-refractivity contribution < 1.29 is 0 Å². The molecule has 13 heavy (non-hydrogen) atoms. The van der Waals surface area contributed by atoms with Crippen LogP contribution >= 0.6 is 0 Å². The van der Waals surface area contributed by atoms with Crippen LogP contribution in [0.15, 0.2) is 24.3 Å². The van der Waals surface area contributed by atoms with Crippen LogP contribution in [0.1, 0.15) is 42.7 Å². The molecule has 1 saturated carbocycles. The maximum absolute atomic E-state index is 8.75. The van der Waals surface area contributed by atoms with Crippen LogP contribution in [0.2, 0.25) is 0 Å². The summed E-state index contributed by atoms with van der Waals surface area (Å²) in [4.78, 5) is 0. The van der Waals surface area contributed by atoms with E-state index in [9.17, 15) is 0 Å². The molecule has 0 bridgehead atoms. The first-order valence-corrected chi connectivity index (χ1v) is 4.90. The molecular weight excluding hydrogens is 158 g/mol. The summed E-state index contributed by atoms with van der Waals surface area (Å²) in [7, 11) is 0. The highest BCUT2D eigenvalue weighted by atomic mass is 14.2. The Labute approximate surface area is 79.0 Å². The minimum absolute atomic E-state index is 0.716. The molecule has 0 N–H and O–H groups in total. The van der Waals surface area contributed by atoms with E-state index in [0.29, 0.717) is 5.92 Å². The summed E-state index contributed by atoms with van der Waals surface area (Å²) in [5.41, 5.74) is 2.15. The molecule has 1 aromatic rings. The Morgan fingerprint density at radius 3 is 2.69 bits per heavy atom. The highest BCUT2D eigenvalue weighted by Gasteiger charge is 2.16. The van der Waals surface area contributed by atoms with Gasteiger partial charge in [-0.2, -0.15) is 5.26 Å². The Bertz CT molecular complexity index is 329. The molecule has 1 aliphatic rings. The van der Waals surface area contributed by atoms with Crippen molar-refractivity contribution in [1.82, 2.24) is 0 Å². The zero-order valence-electron chi connectivity index (χ0n) is 7.66. The fourth-order valence-electron chi connectivity index (χ4n) is 2.12. The van der Waals surface area contributed by atoms with Gasteiger partial charge >= 0.3 is 0 Å². The van der Waals surface area contributed by atoms with Gasteiger partial charge in [-0.1, -0.05) is 25.0 Å². The summed E-state index contributed by atoms with van der Waals surface area (Å²) < 4.78 is 0. The SMILES string of the molecule is N#Cc1cccc(C2CCCC2)c1. The number of benzene rings is 1. The standard InChI is InChI=1S/C12H13N/c13-9-10-4-3-7-12(8-10)11-5-1-2-6-11/h3-4,7-8,11H,1-2,5-6H2. The summed E-state index contributed by atoms with van der Waals surface area (Å²) in [5.74, 6) is 0.716. The molecule has 2 rings (SSSR count). The molecule has 1 fully saturated rings. The van der Waals surface area contributed by atoms with Crippen LogP contribution < -0.4 is 0 Å². The van der Waals surface area contributed by atoms with Crippen LogP contribution in [-0.2, 0) is 0 Å². The molecule has 1 aromatic carbocycles. The van der Waals surface area contributed by atoms with Crippen molar-refractivity contribution in [1.29, 1.82) is 5.26 Å². The van der Waals surface area contributed by atoms with Crippen molar-refractivity contribution in [2.75, 3.05) is 0 Å². The third-order valence-corrected chi connectivity index (χ3v) is 2.84. The number of hydrogen-bond acceptors (Lipinski definition) is 1. The van der Waals surface area contributed by atoms with Gasteiger partial charge in [-0.05, 0) is 36.5 Å². The predicted molar refractivity (Wildman–Crippen MR) is 52.4 cm³/mol. The molecule has 66 valence electrons. The Balaban J connectivity index is 2.25. The Morgan fingerprint density at radius 1 is 1.23 bits per heavy atom. The average Bonchev–Trinajstić information content (AvgIpc) is 2.71. The second kappa shape index (κ2) is 3.62. The first-order valence-electron chi connectivity index (χ1n) is 4.90. The molecule has 0 aromatic heterocycles. The Kier molecular flexibility index (Phi) is 2.31. The van der Waals surface area contributed by atoms with Gasteiger partial charge in [0.05, 0.1) is 11.6 Å². The van der Waals surface area contributed by atoms with Gasteiger partial charge < -0.3 is 0 Å². The minimum atomic E-state index is 0.716. The quantitative estimate of drug-likeness (QED) is 0.636. The molecule has 0 unspecified atom stereocenters. The van der Waals surface area contributed by atoms with E-state index in [4.69, 9.17) is 5.26 Å². The molecule has 0 heterocycles. The lowest BCUT2D eigenvalue weighted by Crippen LogP contribution is -1.91. The second-order valence-corrected chi connectivity index (χ2v) is 3.72. The number of rotatable bonds is 1. The van der Waals surface area contributed by atoms with E-state index in [0.717, 1.165) is 5.56 Å². The minimum Gasteiger partial charge on any atom is -0.192 e. The molecule has 0 atom stereocenters. The molecule has 0 amide bonds. The maximum Gasteiger partial charge on any atom is 0.0991 e. The third-order valence-electron chi connectivity index (χ3n) is 2.84. The maximum atomic E-state index is 8.75. The molecule has 1 nitrogen and oxygen atoms in total. The van der Waals surface area contributed by atoms with E-state index in [1.807, 2.05) is 18.2 Å². The van der Waals surface area contributed by atoms with Crippen molar-refractivity contribution in [3.05, 3.63) is 35.4 Å². The van der Waals surface area contributed by atoms with Crippen LogP contribution in [0, 0.1) is 11.3 Å². The predicted octanol–water partition coefficient (Wildman–Crippen LogP) is 3.22. The zero-order chi connectivity index (χ0) is 9.10. The smallest absolute Gasteiger partial charge is 0.0991 e. The second-order valence-electron chi connectivity index (χ2n) is 3.72. The van der Waals surface area contributed by atoms with Crippen molar-refractivity contribution >= 4 is 0 Å². The first kappa shape index (κ1) is 8.31. The summed E-state index contributed by atoms with van der Waals surface area (Å²) in [6, 6.07) is 10.2. The molecule has 0 spiro atoms. The normalized spacial score (nSPS) is 17.2. The van der Waals surface area contributed by atoms with Gasteiger partial charge in [0.25, 0.3) is 0 Å². The van der Waals surface area contributed by atoms with Gasteiger partial charge in [0.2, 0.25) is 0 Å². The highest BCUT2D eigenvalue weighted by Crippen LogP contribution is 2.34. The molecule has 0 aliphatic heterocycles. The van der Waals surface area contributed by atoms with Crippen LogP contribution in [0.25, 0.3) is 0 Å². The highest BCUT2D eigenvalue weighted by molar-refractivity contribution is 5.34. The van der Waals surface area contributed by atoms with Crippen LogP contribution in [-0.4, -0.2) is 0 Å². The van der Waals surface area contributed by atoms with Gasteiger partial charge in [0, 0.05) is 0 Å². The van der Waals surface area contributed by atoms with Gasteiger partial charge in [-0.25, -0.2) is 0 Å². The number of hydrogen-bond donors (Lipinski definition) is 0. The Hall–Kier alpha value is -1.29. The molecular formula is C12H13N.